The Labute approximate surface area is 115 Å². The highest BCUT2D eigenvalue weighted by Crippen LogP contribution is 2.20. The quantitative estimate of drug-likeness (QED) is 0.847. The van der Waals surface area contributed by atoms with Gasteiger partial charge in [0.25, 0.3) is 5.91 Å². The third-order valence-electron chi connectivity index (χ3n) is 2.37. The van der Waals surface area contributed by atoms with E-state index in [0.29, 0.717) is 5.56 Å². The molecule has 18 heavy (non-hydrogen) atoms. The van der Waals surface area contributed by atoms with Crippen molar-refractivity contribution in [3.05, 3.63) is 57.8 Å². The van der Waals surface area contributed by atoms with Crippen molar-refractivity contribution in [2.45, 2.75) is 6.92 Å². The summed E-state index contributed by atoms with van der Waals surface area (Å²) in [6, 6.07) is 8.99. The smallest absolute Gasteiger partial charge is 0.257 e. The Bertz CT molecular complexity index is 582. The van der Waals surface area contributed by atoms with E-state index in [4.69, 9.17) is 23.2 Å². The number of pyridine rings is 1. The molecule has 0 aliphatic heterocycles. The van der Waals surface area contributed by atoms with E-state index in [9.17, 15) is 4.79 Å². The standard InChI is InChI=1S/C13H10Cl2N2O/c1-8-2-4-10(5-3-8)17-13(18)9-6-11(14)12(15)16-7-9/h2-7H,1H3,(H,17,18). The molecule has 2 aromatic rings. The van der Waals surface area contributed by atoms with Crippen molar-refractivity contribution < 1.29 is 4.79 Å². The lowest BCUT2D eigenvalue weighted by Gasteiger charge is -2.06. The SMILES string of the molecule is Cc1ccc(NC(=O)c2cnc(Cl)c(Cl)c2)cc1. The van der Waals surface area contributed by atoms with Gasteiger partial charge in [0, 0.05) is 11.9 Å². The number of benzene rings is 1. The Kier molecular flexibility index (Phi) is 3.84. The summed E-state index contributed by atoms with van der Waals surface area (Å²) in [5.41, 5.74) is 2.21. The highest BCUT2D eigenvalue weighted by atomic mass is 35.5. The highest BCUT2D eigenvalue weighted by Gasteiger charge is 2.09. The van der Waals surface area contributed by atoms with E-state index >= 15 is 0 Å². The van der Waals surface area contributed by atoms with Crippen LogP contribution >= 0.6 is 23.2 Å². The second kappa shape index (κ2) is 5.38. The number of hydrogen-bond acceptors (Lipinski definition) is 2. The van der Waals surface area contributed by atoms with Crippen LogP contribution in [0.2, 0.25) is 10.2 Å². The number of amides is 1. The summed E-state index contributed by atoms with van der Waals surface area (Å²) in [6.45, 7) is 1.98. The lowest BCUT2D eigenvalue weighted by molar-refractivity contribution is 0.102. The van der Waals surface area contributed by atoms with Crippen LogP contribution in [0.5, 0.6) is 0 Å². The van der Waals surface area contributed by atoms with E-state index in [2.05, 4.69) is 10.3 Å². The predicted octanol–water partition coefficient (Wildman–Crippen LogP) is 3.95. The second-order valence-corrected chi connectivity index (χ2v) is 4.58. The molecule has 0 aliphatic carbocycles. The Morgan fingerprint density at radius 2 is 1.89 bits per heavy atom. The number of aromatic nitrogens is 1. The topological polar surface area (TPSA) is 42.0 Å². The van der Waals surface area contributed by atoms with Gasteiger partial charge in [0.2, 0.25) is 0 Å². The average Bonchev–Trinajstić information content (AvgIpc) is 2.35. The van der Waals surface area contributed by atoms with E-state index < -0.39 is 0 Å². The van der Waals surface area contributed by atoms with Gasteiger partial charge in [-0.05, 0) is 25.1 Å². The average molecular weight is 281 g/mol. The van der Waals surface area contributed by atoms with Crippen LogP contribution in [0.15, 0.2) is 36.5 Å². The molecule has 1 N–H and O–H groups in total. The van der Waals surface area contributed by atoms with Gasteiger partial charge in [-0.2, -0.15) is 0 Å². The largest absolute Gasteiger partial charge is 0.322 e. The summed E-state index contributed by atoms with van der Waals surface area (Å²) in [4.78, 5) is 15.7. The maximum atomic E-state index is 11.9. The van der Waals surface area contributed by atoms with E-state index in [1.165, 1.54) is 12.3 Å². The molecule has 0 atom stereocenters. The number of anilines is 1. The molecule has 1 heterocycles. The summed E-state index contributed by atoms with van der Waals surface area (Å²) < 4.78 is 0. The summed E-state index contributed by atoms with van der Waals surface area (Å²) in [5, 5.41) is 3.19. The Hall–Kier alpha value is -1.58. The normalized spacial score (nSPS) is 10.2. The lowest BCUT2D eigenvalue weighted by atomic mass is 10.2. The zero-order valence-corrected chi connectivity index (χ0v) is 11.1. The van der Waals surface area contributed by atoms with Crippen LogP contribution < -0.4 is 5.32 Å². The van der Waals surface area contributed by atoms with Gasteiger partial charge in [-0.15, -0.1) is 0 Å². The highest BCUT2D eigenvalue weighted by molar-refractivity contribution is 6.41. The molecule has 1 aromatic heterocycles. The van der Waals surface area contributed by atoms with E-state index in [1.54, 1.807) is 0 Å². The summed E-state index contributed by atoms with van der Waals surface area (Å²) in [6.07, 6.45) is 1.39. The van der Waals surface area contributed by atoms with E-state index in [1.807, 2.05) is 31.2 Å². The summed E-state index contributed by atoms with van der Waals surface area (Å²) in [7, 11) is 0. The molecule has 0 saturated heterocycles. The molecule has 0 saturated carbocycles. The van der Waals surface area contributed by atoms with Crippen LogP contribution in [0.25, 0.3) is 0 Å². The minimum absolute atomic E-state index is 0.184. The first-order valence-corrected chi connectivity index (χ1v) is 6.01. The number of halogens is 2. The van der Waals surface area contributed by atoms with Gasteiger partial charge in [-0.25, -0.2) is 4.98 Å². The van der Waals surface area contributed by atoms with Crippen LogP contribution in [-0.2, 0) is 0 Å². The van der Waals surface area contributed by atoms with Gasteiger partial charge < -0.3 is 5.32 Å². The maximum Gasteiger partial charge on any atom is 0.257 e. The van der Waals surface area contributed by atoms with Gasteiger partial charge in [-0.1, -0.05) is 40.9 Å². The molecule has 0 aliphatic rings. The fraction of sp³-hybridized carbons (Fsp3) is 0.0769. The monoisotopic (exact) mass is 280 g/mol. The first kappa shape index (κ1) is 12.9. The molecule has 0 radical (unpaired) electrons. The number of rotatable bonds is 2. The zero-order valence-electron chi connectivity index (χ0n) is 9.58. The molecule has 0 unspecified atom stereocenters. The fourth-order valence-corrected chi connectivity index (χ4v) is 1.66. The first-order valence-electron chi connectivity index (χ1n) is 5.25. The summed E-state index contributed by atoms with van der Waals surface area (Å²) in [5.74, 6) is -0.273. The molecular formula is C13H10Cl2N2O. The molecule has 1 amide bonds. The minimum atomic E-state index is -0.273. The number of carbonyl (C=O) groups is 1. The van der Waals surface area contributed by atoms with Crippen LogP contribution in [0.3, 0.4) is 0 Å². The molecule has 1 aromatic carbocycles. The first-order chi connectivity index (χ1) is 8.56. The van der Waals surface area contributed by atoms with Crippen molar-refractivity contribution >= 4 is 34.8 Å². The third-order valence-corrected chi connectivity index (χ3v) is 3.05. The van der Waals surface area contributed by atoms with Crippen molar-refractivity contribution in [2.75, 3.05) is 5.32 Å². The van der Waals surface area contributed by atoms with Crippen molar-refractivity contribution in [3.8, 4) is 0 Å². The van der Waals surface area contributed by atoms with Crippen molar-refractivity contribution in [3.63, 3.8) is 0 Å². The molecule has 3 nitrogen and oxygen atoms in total. The number of carbonyl (C=O) groups excluding carboxylic acids is 1. The van der Waals surface area contributed by atoms with Crippen LogP contribution in [0.1, 0.15) is 15.9 Å². The number of nitrogens with zero attached hydrogens (tertiary/aromatic N) is 1. The van der Waals surface area contributed by atoms with Crippen LogP contribution in [0.4, 0.5) is 5.69 Å². The second-order valence-electron chi connectivity index (χ2n) is 3.82. The van der Waals surface area contributed by atoms with Crippen molar-refractivity contribution in [1.82, 2.24) is 4.98 Å². The maximum absolute atomic E-state index is 11.9. The molecule has 0 spiro atoms. The Morgan fingerprint density at radius 1 is 1.22 bits per heavy atom. The number of aryl methyl sites for hydroxylation is 1. The molecule has 5 heteroatoms. The lowest BCUT2D eigenvalue weighted by Crippen LogP contribution is -2.12. The molecule has 92 valence electrons. The van der Waals surface area contributed by atoms with E-state index in [-0.39, 0.29) is 16.1 Å². The Morgan fingerprint density at radius 3 is 2.50 bits per heavy atom. The third kappa shape index (κ3) is 3.00. The predicted molar refractivity (Wildman–Crippen MR) is 73.4 cm³/mol. The fourth-order valence-electron chi connectivity index (χ4n) is 1.39. The minimum Gasteiger partial charge on any atom is -0.322 e. The number of hydrogen-bond donors (Lipinski definition) is 1. The molecule has 0 bridgehead atoms. The number of nitrogens with one attached hydrogen (secondary N) is 1. The van der Waals surface area contributed by atoms with Gasteiger partial charge in [0.15, 0.2) is 0 Å². The van der Waals surface area contributed by atoms with Crippen molar-refractivity contribution in [2.24, 2.45) is 0 Å². The Balaban J connectivity index is 2.16. The van der Waals surface area contributed by atoms with Gasteiger partial charge in [0.05, 0.1) is 10.6 Å². The van der Waals surface area contributed by atoms with Crippen LogP contribution in [-0.4, -0.2) is 10.9 Å². The van der Waals surface area contributed by atoms with Gasteiger partial charge in [0.1, 0.15) is 5.15 Å². The summed E-state index contributed by atoms with van der Waals surface area (Å²) >= 11 is 11.5. The van der Waals surface area contributed by atoms with Crippen molar-refractivity contribution in [1.29, 1.82) is 0 Å². The molecule has 0 fully saturated rings. The zero-order chi connectivity index (χ0) is 13.1. The molecule has 2 rings (SSSR count). The van der Waals surface area contributed by atoms with Gasteiger partial charge >= 0.3 is 0 Å². The van der Waals surface area contributed by atoms with Gasteiger partial charge in [-0.3, -0.25) is 4.79 Å². The molecular weight excluding hydrogens is 271 g/mol. The van der Waals surface area contributed by atoms with Crippen LogP contribution in [0, 0.1) is 6.92 Å². The van der Waals surface area contributed by atoms with E-state index in [0.717, 1.165) is 11.3 Å².